The van der Waals surface area contributed by atoms with Gasteiger partial charge in [0.2, 0.25) is 0 Å². The number of hydrogen-bond acceptors (Lipinski definition) is 2. The fraction of sp³-hybridized carbons (Fsp3) is 0.571. The zero-order valence-corrected chi connectivity index (χ0v) is 11.8. The van der Waals surface area contributed by atoms with Gasteiger partial charge in [-0.2, -0.15) is 0 Å². The minimum atomic E-state index is 0.186. The van der Waals surface area contributed by atoms with Gasteiger partial charge >= 0.3 is 0 Å². The van der Waals surface area contributed by atoms with E-state index in [1.165, 1.54) is 0 Å². The molecule has 0 fully saturated rings. The second-order valence-corrected chi connectivity index (χ2v) is 4.97. The fourth-order valence-electron chi connectivity index (χ4n) is 1.68. The lowest BCUT2D eigenvalue weighted by Gasteiger charge is -2.22. The fourth-order valence-corrected chi connectivity index (χ4v) is 1.94. The summed E-state index contributed by atoms with van der Waals surface area (Å²) in [5.74, 6) is 1.38. The molecule has 0 aliphatic carbocycles. The van der Waals surface area contributed by atoms with Crippen LogP contribution in [0.25, 0.3) is 0 Å². The van der Waals surface area contributed by atoms with Crippen LogP contribution in [0.4, 0.5) is 0 Å². The van der Waals surface area contributed by atoms with Crippen LogP contribution >= 0.6 is 11.6 Å². The van der Waals surface area contributed by atoms with E-state index < -0.39 is 0 Å². The summed E-state index contributed by atoms with van der Waals surface area (Å²) in [4.78, 5) is 0. The second kappa shape index (κ2) is 6.87. The average Bonchev–Trinajstić information content (AvgIpc) is 2.30. The maximum Gasteiger partial charge on any atom is 0.120 e. The Kier molecular flexibility index (Phi) is 5.79. The number of likely N-dealkylation sites (N-methyl/N-ethyl adjacent to an activating group) is 1. The summed E-state index contributed by atoms with van der Waals surface area (Å²) in [5, 5.41) is 3.97. The predicted molar refractivity (Wildman–Crippen MR) is 74.0 cm³/mol. The molecule has 1 aromatic carbocycles. The van der Waals surface area contributed by atoms with E-state index in [9.17, 15) is 0 Å². The van der Waals surface area contributed by atoms with Crippen LogP contribution in [0, 0.1) is 5.92 Å². The van der Waals surface area contributed by atoms with Crippen molar-refractivity contribution < 1.29 is 4.74 Å². The van der Waals surface area contributed by atoms with Gasteiger partial charge in [-0.15, -0.1) is 0 Å². The van der Waals surface area contributed by atoms with Crippen LogP contribution in [0.3, 0.4) is 0 Å². The highest BCUT2D eigenvalue weighted by Crippen LogP contribution is 2.24. The van der Waals surface area contributed by atoms with Gasteiger partial charge < -0.3 is 10.1 Å². The van der Waals surface area contributed by atoms with Crippen molar-refractivity contribution >= 4 is 11.6 Å². The summed E-state index contributed by atoms with van der Waals surface area (Å²) in [5.41, 5.74) is 1.14. The molecule has 3 heteroatoms. The summed E-state index contributed by atoms with van der Waals surface area (Å²) in [6.07, 6.45) is 1.11. The number of nitrogens with one attached hydrogen (secondary N) is 1. The maximum atomic E-state index is 6.09. The molecule has 1 N–H and O–H groups in total. The Hall–Kier alpha value is -0.730. The van der Waals surface area contributed by atoms with Crippen LogP contribution in [-0.2, 0) is 6.42 Å². The van der Waals surface area contributed by atoms with Crippen LogP contribution in [0.15, 0.2) is 18.2 Å². The van der Waals surface area contributed by atoms with Gasteiger partial charge in [-0.25, -0.2) is 0 Å². The summed E-state index contributed by atoms with van der Waals surface area (Å²) >= 11 is 6.09. The summed E-state index contributed by atoms with van der Waals surface area (Å²) in [7, 11) is 1.94. The molecule has 0 aliphatic heterocycles. The first-order valence-corrected chi connectivity index (χ1v) is 6.56. The van der Waals surface area contributed by atoms with Crippen LogP contribution in [-0.4, -0.2) is 19.7 Å². The number of hydrogen-bond donors (Lipinski definition) is 1. The van der Waals surface area contributed by atoms with Gasteiger partial charge in [0.1, 0.15) is 11.9 Å². The van der Waals surface area contributed by atoms with Crippen molar-refractivity contribution in [1.82, 2.24) is 5.32 Å². The van der Waals surface area contributed by atoms with E-state index in [-0.39, 0.29) is 6.10 Å². The first-order valence-electron chi connectivity index (χ1n) is 6.18. The molecular weight excluding hydrogens is 234 g/mol. The van der Waals surface area contributed by atoms with E-state index in [0.29, 0.717) is 5.92 Å². The molecule has 1 aromatic rings. The smallest absolute Gasteiger partial charge is 0.120 e. The molecule has 0 radical (unpaired) electrons. The van der Waals surface area contributed by atoms with Crippen LogP contribution in [0.1, 0.15) is 26.3 Å². The summed E-state index contributed by atoms with van der Waals surface area (Å²) < 4.78 is 5.99. The van der Waals surface area contributed by atoms with Crippen molar-refractivity contribution in [1.29, 1.82) is 0 Å². The van der Waals surface area contributed by atoms with Crippen molar-refractivity contribution in [2.45, 2.75) is 33.3 Å². The molecule has 96 valence electrons. The lowest BCUT2D eigenvalue weighted by Crippen LogP contribution is -2.33. The largest absolute Gasteiger partial charge is 0.489 e. The number of benzene rings is 1. The maximum absolute atomic E-state index is 6.09. The molecular formula is C14H22ClNO. The standard InChI is InChI=1S/C14H22ClNO/c1-5-11-8-12(6-7-13(11)15)17-14(9-16-4)10(2)3/h6-8,10,14,16H,5,9H2,1-4H3. The Bertz CT molecular complexity index is 352. The third kappa shape index (κ3) is 4.21. The average molecular weight is 256 g/mol. The molecule has 0 aromatic heterocycles. The number of rotatable bonds is 6. The summed E-state index contributed by atoms with van der Waals surface area (Å²) in [6.45, 7) is 7.28. The normalized spacial score (nSPS) is 12.8. The van der Waals surface area contributed by atoms with Gasteiger partial charge in [-0.3, -0.25) is 0 Å². The Morgan fingerprint density at radius 3 is 2.59 bits per heavy atom. The Balaban J connectivity index is 2.78. The molecule has 1 atom stereocenters. The van der Waals surface area contributed by atoms with Gasteiger partial charge in [-0.05, 0) is 43.1 Å². The molecule has 0 aliphatic rings. The van der Waals surface area contributed by atoms with Crippen LogP contribution in [0.2, 0.25) is 5.02 Å². The first kappa shape index (κ1) is 14.3. The minimum absolute atomic E-state index is 0.186. The Morgan fingerprint density at radius 1 is 1.35 bits per heavy atom. The molecule has 2 nitrogen and oxygen atoms in total. The Morgan fingerprint density at radius 2 is 2.06 bits per heavy atom. The molecule has 0 amide bonds. The summed E-state index contributed by atoms with van der Waals surface area (Å²) in [6, 6.07) is 5.88. The number of ether oxygens (including phenoxy) is 1. The van der Waals surface area contributed by atoms with E-state index in [1.54, 1.807) is 0 Å². The van der Waals surface area contributed by atoms with E-state index in [0.717, 1.165) is 29.3 Å². The molecule has 17 heavy (non-hydrogen) atoms. The molecule has 1 rings (SSSR count). The van der Waals surface area contributed by atoms with E-state index in [4.69, 9.17) is 16.3 Å². The quantitative estimate of drug-likeness (QED) is 0.840. The molecule has 0 spiro atoms. The molecule has 0 bridgehead atoms. The minimum Gasteiger partial charge on any atom is -0.489 e. The third-order valence-corrected chi connectivity index (χ3v) is 3.20. The lowest BCUT2D eigenvalue weighted by atomic mass is 10.1. The van der Waals surface area contributed by atoms with Gasteiger partial charge in [0.05, 0.1) is 0 Å². The monoisotopic (exact) mass is 255 g/mol. The SMILES string of the molecule is CCc1cc(OC(CNC)C(C)C)ccc1Cl. The van der Waals surface area contributed by atoms with Crippen molar-refractivity contribution in [2.75, 3.05) is 13.6 Å². The molecule has 0 heterocycles. The van der Waals surface area contributed by atoms with Crippen LogP contribution in [0.5, 0.6) is 5.75 Å². The van der Waals surface area contributed by atoms with Gasteiger partial charge in [0.15, 0.2) is 0 Å². The lowest BCUT2D eigenvalue weighted by molar-refractivity contribution is 0.151. The van der Waals surface area contributed by atoms with Gasteiger partial charge in [0, 0.05) is 11.6 Å². The predicted octanol–water partition coefficient (Wildman–Crippen LogP) is 3.53. The van der Waals surface area contributed by atoms with Crippen molar-refractivity contribution in [2.24, 2.45) is 5.92 Å². The van der Waals surface area contributed by atoms with E-state index >= 15 is 0 Å². The Labute approximate surface area is 109 Å². The molecule has 1 unspecified atom stereocenters. The zero-order chi connectivity index (χ0) is 12.8. The van der Waals surface area contributed by atoms with E-state index in [2.05, 4.69) is 26.1 Å². The zero-order valence-electron chi connectivity index (χ0n) is 11.1. The van der Waals surface area contributed by atoms with Crippen molar-refractivity contribution in [3.05, 3.63) is 28.8 Å². The first-order chi connectivity index (χ1) is 8.08. The highest BCUT2D eigenvalue weighted by atomic mass is 35.5. The molecule has 0 saturated heterocycles. The van der Waals surface area contributed by atoms with E-state index in [1.807, 2.05) is 25.2 Å². The third-order valence-electron chi connectivity index (χ3n) is 2.83. The number of aryl methyl sites for hydroxylation is 1. The van der Waals surface area contributed by atoms with Crippen molar-refractivity contribution in [3.63, 3.8) is 0 Å². The van der Waals surface area contributed by atoms with Gasteiger partial charge in [0.25, 0.3) is 0 Å². The highest BCUT2D eigenvalue weighted by Gasteiger charge is 2.14. The topological polar surface area (TPSA) is 21.3 Å². The highest BCUT2D eigenvalue weighted by molar-refractivity contribution is 6.31. The number of halogens is 1. The van der Waals surface area contributed by atoms with Crippen molar-refractivity contribution in [3.8, 4) is 5.75 Å². The van der Waals surface area contributed by atoms with Crippen LogP contribution < -0.4 is 10.1 Å². The molecule has 0 saturated carbocycles. The van der Waals surface area contributed by atoms with Gasteiger partial charge in [-0.1, -0.05) is 32.4 Å². The second-order valence-electron chi connectivity index (χ2n) is 4.56.